The van der Waals surface area contributed by atoms with Crippen molar-refractivity contribution >= 4 is 5.78 Å². The SMILES string of the molecule is C=CCC[C@]1(C)C[C@@H](C)CC1=O. The smallest absolute Gasteiger partial charge is 0.139 e. The van der Waals surface area contributed by atoms with E-state index in [2.05, 4.69) is 20.4 Å². The fraction of sp³-hybridized carbons (Fsp3) is 0.727. The van der Waals surface area contributed by atoms with Crippen LogP contribution in [0.1, 0.15) is 39.5 Å². The predicted octanol–water partition coefficient (Wildman–Crippen LogP) is 2.96. The Bertz CT molecular complexity index is 195. The first-order valence-corrected chi connectivity index (χ1v) is 4.73. The van der Waals surface area contributed by atoms with E-state index in [1.165, 1.54) is 0 Å². The summed E-state index contributed by atoms with van der Waals surface area (Å²) in [6.07, 6.45) is 5.71. The Morgan fingerprint density at radius 1 is 1.75 bits per heavy atom. The lowest BCUT2D eigenvalue weighted by atomic mass is 9.82. The Morgan fingerprint density at radius 3 is 2.83 bits per heavy atom. The second-order valence-electron chi connectivity index (χ2n) is 4.32. The third-order valence-electron chi connectivity index (χ3n) is 2.91. The van der Waals surface area contributed by atoms with Gasteiger partial charge in [-0.25, -0.2) is 0 Å². The highest BCUT2D eigenvalue weighted by molar-refractivity contribution is 5.86. The average Bonchev–Trinajstić information content (AvgIpc) is 2.23. The fourth-order valence-electron chi connectivity index (χ4n) is 2.18. The average molecular weight is 166 g/mol. The third-order valence-corrected chi connectivity index (χ3v) is 2.91. The molecule has 0 aliphatic heterocycles. The van der Waals surface area contributed by atoms with Crippen molar-refractivity contribution in [3.05, 3.63) is 12.7 Å². The zero-order valence-corrected chi connectivity index (χ0v) is 8.10. The monoisotopic (exact) mass is 166 g/mol. The minimum absolute atomic E-state index is 0.0341. The molecule has 0 saturated heterocycles. The Kier molecular flexibility index (Phi) is 2.71. The van der Waals surface area contributed by atoms with E-state index in [-0.39, 0.29) is 5.41 Å². The lowest BCUT2D eigenvalue weighted by Gasteiger charge is -2.20. The zero-order chi connectivity index (χ0) is 9.19. The molecule has 0 aromatic heterocycles. The van der Waals surface area contributed by atoms with Gasteiger partial charge in [-0.15, -0.1) is 6.58 Å². The highest BCUT2D eigenvalue weighted by Crippen LogP contribution is 2.41. The number of ketones is 1. The fourth-order valence-corrected chi connectivity index (χ4v) is 2.18. The second-order valence-corrected chi connectivity index (χ2v) is 4.32. The molecule has 2 atom stereocenters. The maximum atomic E-state index is 11.6. The van der Waals surface area contributed by atoms with Gasteiger partial charge in [0.2, 0.25) is 0 Å². The summed E-state index contributed by atoms with van der Waals surface area (Å²) >= 11 is 0. The molecule has 1 aliphatic carbocycles. The lowest BCUT2D eigenvalue weighted by molar-refractivity contribution is -0.125. The molecule has 68 valence electrons. The van der Waals surface area contributed by atoms with Crippen molar-refractivity contribution in [2.45, 2.75) is 39.5 Å². The van der Waals surface area contributed by atoms with Crippen LogP contribution in [0.15, 0.2) is 12.7 Å². The van der Waals surface area contributed by atoms with Crippen molar-refractivity contribution in [2.24, 2.45) is 11.3 Å². The van der Waals surface area contributed by atoms with Crippen molar-refractivity contribution in [1.29, 1.82) is 0 Å². The van der Waals surface area contributed by atoms with Crippen LogP contribution >= 0.6 is 0 Å². The summed E-state index contributed by atoms with van der Waals surface area (Å²) in [5.41, 5.74) is -0.0341. The first-order chi connectivity index (χ1) is 5.58. The molecule has 0 unspecified atom stereocenters. The van der Waals surface area contributed by atoms with Crippen LogP contribution in [0, 0.1) is 11.3 Å². The summed E-state index contributed by atoms with van der Waals surface area (Å²) in [7, 11) is 0. The van der Waals surface area contributed by atoms with Crippen LogP contribution in [0.4, 0.5) is 0 Å². The van der Waals surface area contributed by atoms with Gasteiger partial charge in [0.15, 0.2) is 0 Å². The minimum atomic E-state index is -0.0341. The molecule has 1 nitrogen and oxygen atoms in total. The van der Waals surface area contributed by atoms with Crippen molar-refractivity contribution in [3.8, 4) is 0 Å². The van der Waals surface area contributed by atoms with Crippen LogP contribution in [-0.4, -0.2) is 5.78 Å². The standard InChI is InChI=1S/C11H18O/c1-4-5-6-11(3)8-9(2)7-10(11)12/h4,9H,1,5-8H2,2-3H3/t9-,11+/m0/s1. The number of carbonyl (C=O) groups is 1. The summed E-state index contributed by atoms with van der Waals surface area (Å²) in [6.45, 7) is 7.95. The maximum Gasteiger partial charge on any atom is 0.139 e. The molecular formula is C11H18O. The van der Waals surface area contributed by atoms with Crippen molar-refractivity contribution in [3.63, 3.8) is 0 Å². The van der Waals surface area contributed by atoms with E-state index in [0.717, 1.165) is 25.7 Å². The van der Waals surface area contributed by atoms with Gasteiger partial charge in [0.1, 0.15) is 5.78 Å². The van der Waals surface area contributed by atoms with E-state index in [1.807, 2.05) is 6.08 Å². The molecule has 0 spiro atoms. The topological polar surface area (TPSA) is 17.1 Å². The van der Waals surface area contributed by atoms with E-state index >= 15 is 0 Å². The lowest BCUT2D eigenvalue weighted by Crippen LogP contribution is -2.20. The van der Waals surface area contributed by atoms with Gasteiger partial charge in [-0.05, 0) is 25.2 Å². The Morgan fingerprint density at radius 2 is 2.42 bits per heavy atom. The van der Waals surface area contributed by atoms with Crippen molar-refractivity contribution < 1.29 is 4.79 Å². The molecule has 1 rings (SSSR count). The normalized spacial score (nSPS) is 35.5. The van der Waals surface area contributed by atoms with E-state index < -0.39 is 0 Å². The quantitative estimate of drug-likeness (QED) is 0.589. The number of allylic oxidation sites excluding steroid dienone is 1. The molecule has 1 fully saturated rings. The van der Waals surface area contributed by atoms with Crippen LogP contribution in [0.2, 0.25) is 0 Å². The molecule has 0 bridgehead atoms. The van der Waals surface area contributed by atoms with Gasteiger partial charge in [0, 0.05) is 11.8 Å². The maximum absolute atomic E-state index is 11.6. The summed E-state index contributed by atoms with van der Waals surface area (Å²) in [6, 6.07) is 0. The number of carbonyl (C=O) groups excluding carboxylic acids is 1. The van der Waals surface area contributed by atoms with Crippen LogP contribution in [0.25, 0.3) is 0 Å². The molecule has 0 aromatic rings. The number of hydrogen-bond donors (Lipinski definition) is 0. The van der Waals surface area contributed by atoms with Gasteiger partial charge in [-0.2, -0.15) is 0 Å². The van der Waals surface area contributed by atoms with E-state index in [0.29, 0.717) is 11.7 Å². The second kappa shape index (κ2) is 3.42. The summed E-state index contributed by atoms with van der Waals surface area (Å²) in [5, 5.41) is 0. The molecule has 0 amide bonds. The van der Waals surface area contributed by atoms with E-state index in [9.17, 15) is 4.79 Å². The zero-order valence-electron chi connectivity index (χ0n) is 8.10. The number of hydrogen-bond acceptors (Lipinski definition) is 1. The van der Waals surface area contributed by atoms with Crippen LogP contribution < -0.4 is 0 Å². The van der Waals surface area contributed by atoms with Gasteiger partial charge in [0.25, 0.3) is 0 Å². The first-order valence-electron chi connectivity index (χ1n) is 4.73. The van der Waals surface area contributed by atoms with Crippen LogP contribution in [0.5, 0.6) is 0 Å². The van der Waals surface area contributed by atoms with Gasteiger partial charge >= 0.3 is 0 Å². The van der Waals surface area contributed by atoms with Crippen LogP contribution in [0.3, 0.4) is 0 Å². The molecule has 12 heavy (non-hydrogen) atoms. The Balaban J connectivity index is 2.57. The largest absolute Gasteiger partial charge is 0.299 e. The molecule has 0 heterocycles. The first kappa shape index (κ1) is 9.50. The van der Waals surface area contributed by atoms with Gasteiger partial charge in [-0.1, -0.05) is 19.9 Å². The third kappa shape index (κ3) is 1.77. The minimum Gasteiger partial charge on any atom is -0.299 e. The van der Waals surface area contributed by atoms with Gasteiger partial charge in [0.05, 0.1) is 0 Å². The molecule has 1 aliphatic rings. The van der Waals surface area contributed by atoms with Crippen LogP contribution in [-0.2, 0) is 4.79 Å². The van der Waals surface area contributed by atoms with Gasteiger partial charge < -0.3 is 0 Å². The molecule has 0 aromatic carbocycles. The van der Waals surface area contributed by atoms with Crippen molar-refractivity contribution in [2.75, 3.05) is 0 Å². The molecule has 1 heteroatoms. The molecule has 0 N–H and O–H groups in total. The number of Topliss-reactive ketones (excluding diaryl/α,β-unsaturated/α-hetero) is 1. The predicted molar refractivity (Wildman–Crippen MR) is 50.9 cm³/mol. The number of rotatable bonds is 3. The van der Waals surface area contributed by atoms with Gasteiger partial charge in [-0.3, -0.25) is 4.79 Å². The Hall–Kier alpha value is -0.590. The molecule has 0 radical (unpaired) electrons. The van der Waals surface area contributed by atoms with Crippen molar-refractivity contribution in [1.82, 2.24) is 0 Å². The highest BCUT2D eigenvalue weighted by atomic mass is 16.1. The molecule has 1 saturated carbocycles. The van der Waals surface area contributed by atoms with E-state index in [4.69, 9.17) is 0 Å². The summed E-state index contributed by atoms with van der Waals surface area (Å²) in [5.74, 6) is 1.05. The summed E-state index contributed by atoms with van der Waals surface area (Å²) in [4.78, 5) is 11.6. The Labute approximate surface area is 74.9 Å². The van der Waals surface area contributed by atoms with E-state index in [1.54, 1.807) is 0 Å². The molecular weight excluding hydrogens is 148 g/mol. The highest BCUT2D eigenvalue weighted by Gasteiger charge is 2.39. The summed E-state index contributed by atoms with van der Waals surface area (Å²) < 4.78 is 0.